The highest BCUT2D eigenvalue weighted by Gasteiger charge is 2.15. The Hall–Kier alpha value is -2.20. The Morgan fingerprint density at radius 1 is 1.29 bits per heavy atom. The highest BCUT2D eigenvalue weighted by atomic mass is 16.3. The minimum Gasteiger partial charge on any atom is -0.396 e. The van der Waals surface area contributed by atoms with Gasteiger partial charge < -0.3 is 10.4 Å². The van der Waals surface area contributed by atoms with Crippen molar-refractivity contribution in [3.63, 3.8) is 0 Å². The summed E-state index contributed by atoms with van der Waals surface area (Å²) in [5.74, 6) is -0.141. The minimum absolute atomic E-state index is 0.105. The molecule has 1 aromatic carbocycles. The Bertz CT molecular complexity index is 584. The lowest BCUT2D eigenvalue weighted by Gasteiger charge is -2.19. The first-order chi connectivity index (χ1) is 10.2. The Morgan fingerprint density at radius 3 is 2.71 bits per heavy atom. The number of carbonyl (C=O) groups is 1. The number of rotatable bonds is 6. The minimum atomic E-state index is -0.141. The molecular formula is C17H20N2O2. The molecule has 1 amide bonds. The fourth-order valence-corrected chi connectivity index (χ4v) is 2.22. The zero-order valence-electron chi connectivity index (χ0n) is 12.1. The first kappa shape index (κ1) is 15.2. The number of hydrogen-bond acceptors (Lipinski definition) is 3. The van der Waals surface area contributed by atoms with Gasteiger partial charge in [0.25, 0.3) is 5.91 Å². The maximum Gasteiger partial charge on any atom is 0.253 e. The number of aryl methyl sites for hydroxylation is 1. The number of nitrogens with one attached hydrogen (secondary N) is 1. The summed E-state index contributed by atoms with van der Waals surface area (Å²) >= 11 is 0. The van der Waals surface area contributed by atoms with Gasteiger partial charge in [-0.3, -0.25) is 9.78 Å². The molecule has 1 heterocycles. The SMILES string of the molecule is Cc1cncc(C(=O)NC(CCCO)c2ccccc2)c1. The summed E-state index contributed by atoms with van der Waals surface area (Å²) in [6.07, 6.45) is 4.63. The molecule has 4 nitrogen and oxygen atoms in total. The molecule has 0 aliphatic rings. The smallest absolute Gasteiger partial charge is 0.253 e. The Kier molecular flexibility index (Phi) is 5.46. The van der Waals surface area contributed by atoms with Gasteiger partial charge in [0, 0.05) is 19.0 Å². The van der Waals surface area contributed by atoms with E-state index in [2.05, 4.69) is 10.3 Å². The summed E-state index contributed by atoms with van der Waals surface area (Å²) in [5.41, 5.74) is 2.55. The first-order valence-corrected chi connectivity index (χ1v) is 7.09. The van der Waals surface area contributed by atoms with Gasteiger partial charge in [-0.1, -0.05) is 30.3 Å². The summed E-state index contributed by atoms with van der Waals surface area (Å²) in [6, 6.07) is 11.5. The van der Waals surface area contributed by atoms with Crippen LogP contribution in [0.1, 0.15) is 40.4 Å². The fourth-order valence-electron chi connectivity index (χ4n) is 2.22. The van der Waals surface area contributed by atoms with Crippen LogP contribution >= 0.6 is 0 Å². The molecule has 0 spiro atoms. The van der Waals surface area contributed by atoms with Crippen LogP contribution in [0.5, 0.6) is 0 Å². The number of aliphatic hydroxyl groups is 1. The van der Waals surface area contributed by atoms with Crippen LogP contribution in [-0.2, 0) is 0 Å². The first-order valence-electron chi connectivity index (χ1n) is 7.09. The molecule has 0 aliphatic heterocycles. The summed E-state index contributed by atoms with van der Waals surface area (Å²) in [5, 5.41) is 12.0. The van der Waals surface area contributed by atoms with Crippen LogP contribution < -0.4 is 5.32 Å². The molecule has 4 heteroatoms. The second-order valence-corrected chi connectivity index (χ2v) is 5.05. The predicted octanol–water partition coefficient (Wildman–Crippen LogP) is 2.63. The molecule has 0 bridgehead atoms. The molecule has 2 rings (SSSR count). The molecule has 1 unspecified atom stereocenters. The van der Waals surface area contributed by atoms with E-state index in [1.54, 1.807) is 12.4 Å². The van der Waals surface area contributed by atoms with Crippen molar-refractivity contribution in [2.75, 3.05) is 6.61 Å². The lowest BCUT2D eigenvalue weighted by atomic mass is 10.0. The van der Waals surface area contributed by atoms with Crippen LogP contribution in [0.4, 0.5) is 0 Å². The van der Waals surface area contributed by atoms with Crippen LogP contribution in [0.25, 0.3) is 0 Å². The normalized spacial score (nSPS) is 11.9. The monoisotopic (exact) mass is 284 g/mol. The van der Waals surface area contributed by atoms with Crippen LogP contribution in [0.2, 0.25) is 0 Å². The second-order valence-electron chi connectivity index (χ2n) is 5.05. The molecule has 0 saturated heterocycles. The van der Waals surface area contributed by atoms with Crippen LogP contribution in [0.15, 0.2) is 48.8 Å². The second kappa shape index (κ2) is 7.55. The third kappa shape index (κ3) is 4.39. The van der Waals surface area contributed by atoms with Gasteiger partial charge in [0.15, 0.2) is 0 Å². The van der Waals surface area contributed by atoms with Crippen LogP contribution in [-0.4, -0.2) is 22.6 Å². The van der Waals surface area contributed by atoms with E-state index >= 15 is 0 Å². The van der Waals surface area contributed by atoms with Crippen molar-refractivity contribution in [2.45, 2.75) is 25.8 Å². The van der Waals surface area contributed by atoms with E-state index < -0.39 is 0 Å². The van der Waals surface area contributed by atoms with Crippen molar-refractivity contribution in [1.82, 2.24) is 10.3 Å². The summed E-state index contributed by atoms with van der Waals surface area (Å²) in [7, 11) is 0. The van der Waals surface area contributed by atoms with Gasteiger partial charge >= 0.3 is 0 Å². The van der Waals surface area contributed by atoms with Gasteiger partial charge in [0.1, 0.15) is 0 Å². The van der Waals surface area contributed by atoms with E-state index in [0.29, 0.717) is 18.4 Å². The average molecular weight is 284 g/mol. The largest absolute Gasteiger partial charge is 0.396 e. The number of pyridine rings is 1. The quantitative estimate of drug-likeness (QED) is 0.857. The average Bonchev–Trinajstić information content (AvgIpc) is 2.52. The summed E-state index contributed by atoms with van der Waals surface area (Å²) in [6.45, 7) is 2.02. The molecule has 0 fully saturated rings. The van der Waals surface area contributed by atoms with Crippen molar-refractivity contribution in [1.29, 1.82) is 0 Å². The molecule has 0 aliphatic carbocycles. The number of nitrogens with zero attached hydrogens (tertiary/aromatic N) is 1. The molecule has 110 valence electrons. The number of carbonyl (C=O) groups excluding carboxylic acids is 1. The topological polar surface area (TPSA) is 62.2 Å². The Morgan fingerprint density at radius 2 is 2.05 bits per heavy atom. The molecule has 21 heavy (non-hydrogen) atoms. The molecule has 0 radical (unpaired) electrons. The van der Waals surface area contributed by atoms with E-state index in [1.165, 1.54) is 0 Å². The van der Waals surface area contributed by atoms with Crippen LogP contribution in [0, 0.1) is 6.92 Å². The van der Waals surface area contributed by atoms with Crippen molar-refractivity contribution in [3.05, 3.63) is 65.5 Å². The highest BCUT2D eigenvalue weighted by molar-refractivity contribution is 5.94. The van der Waals surface area contributed by atoms with Gasteiger partial charge in [-0.15, -0.1) is 0 Å². The molecular weight excluding hydrogens is 264 g/mol. The Labute approximate surface area is 124 Å². The van der Waals surface area contributed by atoms with Crippen molar-refractivity contribution >= 4 is 5.91 Å². The van der Waals surface area contributed by atoms with Gasteiger partial charge in [0.05, 0.1) is 11.6 Å². The number of aromatic nitrogens is 1. The van der Waals surface area contributed by atoms with E-state index in [-0.39, 0.29) is 18.6 Å². The van der Waals surface area contributed by atoms with Gasteiger partial charge in [-0.05, 0) is 37.0 Å². The highest BCUT2D eigenvalue weighted by Crippen LogP contribution is 2.19. The van der Waals surface area contributed by atoms with E-state index in [1.807, 2.05) is 43.3 Å². The van der Waals surface area contributed by atoms with Crippen molar-refractivity contribution < 1.29 is 9.90 Å². The predicted molar refractivity (Wildman–Crippen MR) is 81.9 cm³/mol. The third-order valence-corrected chi connectivity index (χ3v) is 3.30. The fraction of sp³-hybridized carbons (Fsp3) is 0.294. The zero-order valence-corrected chi connectivity index (χ0v) is 12.1. The third-order valence-electron chi connectivity index (χ3n) is 3.30. The number of amides is 1. The maximum absolute atomic E-state index is 12.3. The van der Waals surface area contributed by atoms with Crippen molar-refractivity contribution in [3.8, 4) is 0 Å². The summed E-state index contributed by atoms with van der Waals surface area (Å²) in [4.78, 5) is 16.4. The summed E-state index contributed by atoms with van der Waals surface area (Å²) < 4.78 is 0. The van der Waals surface area contributed by atoms with Crippen LogP contribution in [0.3, 0.4) is 0 Å². The van der Waals surface area contributed by atoms with E-state index in [4.69, 9.17) is 5.11 Å². The molecule has 2 N–H and O–H groups in total. The maximum atomic E-state index is 12.3. The van der Waals surface area contributed by atoms with Gasteiger partial charge in [0.2, 0.25) is 0 Å². The number of benzene rings is 1. The molecule has 2 aromatic rings. The lowest BCUT2D eigenvalue weighted by Crippen LogP contribution is -2.29. The molecule has 1 atom stereocenters. The zero-order chi connectivity index (χ0) is 15.1. The van der Waals surface area contributed by atoms with Crippen molar-refractivity contribution in [2.24, 2.45) is 0 Å². The number of hydrogen-bond donors (Lipinski definition) is 2. The van der Waals surface area contributed by atoms with E-state index in [0.717, 1.165) is 11.1 Å². The Balaban J connectivity index is 2.13. The van der Waals surface area contributed by atoms with E-state index in [9.17, 15) is 4.79 Å². The lowest BCUT2D eigenvalue weighted by molar-refractivity contribution is 0.0932. The van der Waals surface area contributed by atoms with Gasteiger partial charge in [-0.2, -0.15) is 0 Å². The molecule has 0 saturated carbocycles. The standard InChI is InChI=1S/C17H20N2O2/c1-13-10-15(12-18-11-13)17(21)19-16(8-5-9-20)14-6-3-2-4-7-14/h2-4,6-7,10-12,16,20H,5,8-9H2,1H3,(H,19,21). The van der Waals surface area contributed by atoms with Gasteiger partial charge in [-0.25, -0.2) is 0 Å². The number of aliphatic hydroxyl groups excluding tert-OH is 1. The molecule has 1 aromatic heterocycles.